The zero-order chi connectivity index (χ0) is 11.6. The minimum atomic E-state index is -4.30. The van der Waals surface area contributed by atoms with Crippen molar-refractivity contribution in [1.29, 1.82) is 0 Å². The van der Waals surface area contributed by atoms with Crippen LogP contribution in [0.2, 0.25) is 5.02 Å². The molecule has 0 N–H and O–H groups in total. The molecule has 84 valence electrons. The summed E-state index contributed by atoms with van der Waals surface area (Å²) < 4.78 is 36.2. The summed E-state index contributed by atoms with van der Waals surface area (Å²) in [6.07, 6.45) is 0. The fourth-order valence-electron chi connectivity index (χ4n) is 0.975. The summed E-state index contributed by atoms with van der Waals surface area (Å²) in [7, 11) is 3.59. The molecule has 0 aliphatic heterocycles. The Labute approximate surface area is 95.2 Å². The van der Waals surface area contributed by atoms with Crippen LogP contribution in [0.4, 0.5) is 18.9 Å². The van der Waals surface area contributed by atoms with Crippen molar-refractivity contribution in [2.75, 3.05) is 19.0 Å². The average molecular weight is 256 g/mol. The van der Waals surface area contributed by atoms with Crippen molar-refractivity contribution in [1.82, 2.24) is 0 Å². The summed E-state index contributed by atoms with van der Waals surface area (Å²) in [5, 5.41) is 0.114. The molecule has 0 saturated carbocycles. The average Bonchev–Trinajstić information content (AvgIpc) is 2.05. The van der Waals surface area contributed by atoms with E-state index in [-0.39, 0.29) is 21.7 Å². The van der Waals surface area contributed by atoms with E-state index in [0.717, 1.165) is 5.69 Å². The number of halogens is 4. The Balaban J connectivity index is 2.94. The van der Waals surface area contributed by atoms with Crippen molar-refractivity contribution in [3.05, 3.63) is 23.2 Å². The van der Waals surface area contributed by atoms with Gasteiger partial charge < -0.3 is 4.90 Å². The molecular weight excluding hydrogens is 247 g/mol. The zero-order valence-electron chi connectivity index (χ0n) is 8.10. The van der Waals surface area contributed by atoms with Gasteiger partial charge in [0.1, 0.15) is 0 Å². The van der Waals surface area contributed by atoms with Gasteiger partial charge in [0, 0.05) is 24.7 Å². The molecule has 0 unspecified atom stereocenters. The third kappa shape index (κ3) is 3.83. The molecule has 0 aromatic heterocycles. The standard InChI is InChI=1S/C9H9ClF3NS/c1-14(2)6-3-4-8(7(10)5-6)15-9(11,12)13/h3-5H,1-2H3. The van der Waals surface area contributed by atoms with Gasteiger partial charge in [0.15, 0.2) is 0 Å². The maximum absolute atomic E-state index is 12.1. The Hall–Kier alpha value is -0.550. The number of hydrogen-bond donors (Lipinski definition) is 0. The third-order valence-electron chi connectivity index (χ3n) is 1.66. The van der Waals surface area contributed by atoms with E-state index in [0.29, 0.717) is 0 Å². The zero-order valence-corrected chi connectivity index (χ0v) is 9.67. The molecule has 0 aliphatic carbocycles. The highest BCUT2D eigenvalue weighted by Gasteiger charge is 2.30. The Morgan fingerprint density at radius 1 is 1.27 bits per heavy atom. The first kappa shape index (κ1) is 12.5. The fraction of sp³-hybridized carbons (Fsp3) is 0.333. The van der Waals surface area contributed by atoms with Crippen LogP contribution in [0, 0.1) is 0 Å². The van der Waals surface area contributed by atoms with Crippen LogP contribution in [-0.2, 0) is 0 Å². The molecule has 1 rings (SSSR count). The highest BCUT2D eigenvalue weighted by Crippen LogP contribution is 2.41. The van der Waals surface area contributed by atoms with Crippen molar-refractivity contribution >= 4 is 29.1 Å². The molecule has 0 radical (unpaired) electrons. The highest BCUT2D eigenvalue weighted by molar-refractivity contribution is 8.00. The number of rotatable bonds is 2. The molecule has 0 saturated heterocycles. The SMILES string of the molecule is CN(C)c1ccc(SC(F)(F)F)c(Cl)c1. The number of hydrogen-bond acceptors (Lipinski definition) is 2. The van der Waals surface area contributed by atoms with Gasteiger partial charge in [-0.05, 0) is 30.0 Å². The quantitative estimate of drug-likeness (QED) is 0.735. The van der Waals surface area contributed by atoms with E-state index < -0.39 is 5.51 Å². The van der Waals surface area contributed by atoms with Gasteiger partial charge in [-0.25, -0.2) is 0 Å². The van der Waals surface area contributed by atoms with Gasteiger partial charge in [0.05, 0.1) is 5.02 Å². The van der Waals surface area contributed by atoms with Crippen LogP contribution in [0.5, 0.6) is 0 Å². The maximum Gasteiger partial charge on any atom is 0.446 e. The lowest BCUT2D eigenvalue weighted by atomic mass is 10.3. The lowest BCUT2D eigenvalue weighted by Crippen LogP contribution is -2.08. The van der Waals surface area contributed by atoms with Gasteiger partial charge in [-0.1, -0.05) is 11.6 Å². The van der Waals surface area contributed by atoms with Crippen molar-refractivity contribution in [3.8, 4) is 0 Å². The summed E-state index contributed by atoms with van der Waals surface area (Å²) in [4.78, 5) is 1.79. The number of anilines is 1. The van der Waals surface area contributed by atoms with E-state index in [1.807, 2.05) is 0 Å². The van der Waals surface area contributed by atoms with E-state index >= 15 is 0 Å². The molecule has 0 aliphatic rings. The first-order chi connectivity index (χ1) is 6.79. The molecular formula is C9H9ClF3NS. The van der Waals surface area contributed by atoms with Crippen LogP contribution in [0.1, 0.15) is 0 Å². The van der Waals surface area contributed by atoms with Crippen molar-refractivity contribution in [2.45, 2.75) is 10.4 Å². The second-order valence-electron chi connectivity index (χ2n) is 3.06. The molecule has 0 spiro atoms. The van der Waals surface area contributed by atoms with Crippen LogP contribution in [-0.4, -0.2) is 19.6 Å². The Bertz CT molecular complexity index is 352. The Kier molecular flexibility index (Phi) is 3.78. The van der Waals surface area contributed by atoms with E-state index in [1.54, 1.807) is 25.1 Å². The van der Waals surface area contributed by atoms with Crippen molar-refractivity contribution < 1.29 is 13.2 Å². The van der Waals surface area contributed by atoms with E-state index in [2.05, 4.69) is 0 Å². The lowest BCUT2D eigenvalue weighted by Gasteiger charge is -2.14. The largest absolute Gasteiger partial charge is 0.446 e. The minimum Gasteiger partial charge on any atom is -0.378 e. The molecule has 0 bridgehead atoms. The van der Waals surface area contributed by atoms with Gasteiger partial charge >= 0.3 is 5.51 Å². The van der Waals surface area contributed by atoms with E-state index in [4.69, 9.17) is 11.6 Å². The van der Waals surface area contributed by atoms with Gasteiger partial charge in [-0.2, -0.15) is 13.2 Å². The maximum atomic E-state index is 12.1. The molecule has 0 amide bonds. The fourth-order valence-corrected chi connectivity index (χ4v) is 1.81. The first-order valence-corrected chi connectivity index (χ1v) is 5.21. The van der Waals surface area contributed by atoms with Crippen LogP contribution in [0.25, 0.3) is 0 Å². The normalized spacial score (nSPS) is 11.6. The first-order valence-electron chi connectivity index (χ1n) is 4.02. The molecule has 1 aromatic rings. The number of thioether (sulfide) groups is 1. The summed E-state index contributed by atoms with van der Waals surface area (Å²) in [6.45, 7) is 0. The number of alkyl halides is 3. The number of nitrogens with zero attached hydrogens (tertiary/aromatic N) is 1. The summed E-state index contributed by atoms with van der Waals surface area (Å²) in [5.41, 5.74) is -3.53. The second kappa shape index (κ2) is 4.53. The van der Waals surface area contributed by atoms with Gasteiger partial charge in [-0.3, -0.25) is 0 Å². The van der Waals surface area contributed by atoms with Gasteiger partial charge in [0.25, 0.3) is 0 Å². The Morgan fingerprint density at radius 2 is 1.87 bits per heavy atom. The van der Waals surface area contributed by atoms with Crippen molar-refractivity contribution in [3.63, 3.8) is 0 Å². The summed E-state index contributed by atoms with van der Waals surface area (Å²) in [5.74, 6) is 0. The lowest BCUT2D eigenvalue weighted by molar-refractivity contribution is -0.0328. The van der Waals surface area contributed by atoms with Crippen LogP contribution < -0.4 is 4.90 Å². The Morgan fingerprint density at radius 3 is 2.27 bits per heavy atom. The van der Waals surface area contributed by atoms with Crippen LogP contribution >= 0.6 is 23.4 Å². The minimum absolute atomic E-state index is 0.0229. The molecule has 1 nitrogen and oxygen atoms in total. The molecule has 1 aromatic carbocycles. The topological polar surface area (TPSA) is 3.24 Å². The monoisotopic (exact) mass is 255 g/mol. The molecule has 0 atom stereocenters. The second-order valence-corrected chi connectivity index (χ2v) is 4.57. The van der Waals surface area contributed by atoms with E-state index in [1.165, 1.54) is 12.1 Å². The predicted molar refractivity (Wildman–Crippen MR) is 57.7 cm³/mol. The van der Waals surface area contributed by atoms with Gasteiger partial charge in [0.2, 0.25) is 0 Å². The van der Waals surface area contributed by atoms with Crippen LogP contribution in [0.3, 0.4) is 0 Å². The van der Waals surface area contributed by atoms with Gasteiger partial charge in [-0.15, -0.1) is 0 Å². The molecule has 15 heavy (non-hydrogen) atoms. The summed E-state index contributed by atoms with van der Waals surface area (Å²) in [6, 6.07) is 4.48. The van der Waals surface area contributed by atoms with E-state index in [9.17, 15) is 13.2 Å². The van der Waals surface area contributed by atoms with Crippen molar-refractivity contribution in [2.24, 2.45) is 0 Å². The third-order valence-corrected chi connectivity index (χ3v) is 2.89. The van der Waals surface area contributed by atoms with Crippen LogP contribution in [0.15, 0.2) is 23.1 Å². The molecule has 0 fully saturated rings. The predicted octanol–water partition coefficient (Wildman–Crippen LogP) is 4.02. The number of benzene rings is 1. The summed E-state index contributed by atoms with van der Waals surface area (Å²) >= 11 is 5.53. The molecule has 6 heteroatoms. The smallest absolute Gasteiger partial charge is 0.378 e. The molecule has 0 heterocycles. The highest BCUT2D eigenvalue weighted by atomic mass is 35.5.